The second-order valence-corrected chi connectivity index (χ2v) is 7.24. The number of likely N-dealkylation sites (tertiary alicyclic amines) is 1. The summed E-state index contributed by atoms with van der Waals surface area (Å²) >= 11 is 3.62. The van der Waals surface area contributed by atoms with E-state index in [-0.39, 0.29) is 0 Å². The van der Waals surface area contributed by atoms with Crippen molar-refractivity contribution in [2.45, 2.75) is 19.4 Å². The second kappa shape index (κ2) is 7.77. The average Bonchev–Trinajstić information content (AvgIpc) is 2.58. The molecular weight excluding hydrogens is 342 g/mol. The zero-order valence-corrected chi connectivity index (χ0v) is 14.7. The number of halogens is 1. The number of piperidine rings is 1. The monoisotopic (exact) mass is 367 g/mol. The van der Waals surface area contributed by atoms with Gasteiger partial charge in [0.25, 0.3) is 0 Å². The molecule has 3 rings (SSSR count). The summed E-state index contributed by atoms with van der Waals surface area (Å²) in [4.78, 5) is 5.02. The first kappa shape index (κ1) is 16.2. The Kier molecular flexibility index (Phi) is 5.74. The molecule has 0 aliphatic carbocycles. The smallest absolute Gasteiger partial charge is 0.0642 e. The van der Waals surface area contributed by atoms with Crippen molar-refractivity contribution in [3.8, 4) is 0 Å². The van der Waals surface area contributed by atoms with Crippen molar-refractivity contribution >= 4 is 21.6 Å². The van der Waals surface area contributed by atoms with Gasteiger partial charge in [-0.15, -0.1) is 0 Å². The topological polar surface area (TPSA) is 41.7 Å². The molecule has 1 aromatic carbocycles. The van der Waals surface area contributed by atoms with Gasteiger partial charge in [-0.3, -0.25) is 4.90 Å². The van der Waals surface area contributed by atoms with E-state index in [1.807, 2.05) is 0 Å². The molecule has 5 heteroatoms. The Morgan fingerprint density at radius 2 is 1.86 bits per heavy atom. The summed E-state index contributed by atoms with van der Waals surface area (Å²) in [5.41, 5.74) is 8.58. The van der Waals surface area contributed by atoms with Crippen LogP contribution in [0, 0.1) is 5.92 Å². The van der Waals surface area contributed by atoms with Crippen LogP contribution in [0.5, 0.6) is 0 Å². The molecule has 2 aliphatic heterocycles. The van der Waals surface area contributed by atoms with Crippen molar-refractivity contribution < 1.29 is 4.74 Å². The summed E-state index contributed by atoms with van der Waals surface area (Å²) in [7, 11) is 0. The molecule has 0 aromatic heterocycles. The molecule has 4 nitrogen and oxygen atoms in total. The van der Waals surface area contributed by atoms with Crippen molar-refractivity contribution in [3.05, 3.63) is 28.2 Å². The molecule has 2 saturated heterocycles. The van der Waals surface area contributed by atoms with E-state index in [2.05, 4.69) is 43.9 Å². The maximum absolute atomic E-state index is 5.80. The van der Waals surface area contributed by atoms with Gasteiger partial charge in [-0.2, -0.15) is 0 Å². The summed E-state index contributed by atoms with van der Waals surface area (Å²) in [6.45, 7) is 7.84. The summed E-state index contributed by atoms with van der Waals surface area (Å²) in [6.07, 6.45) is 2.47. The minimum atomic E-state index is 0.722. The summed E-state index contributed by atoms with van der Waals surface area (Å²) < 4.78 is 6.64. The highest BCUT2D eigenvalue weighted by Gasteiger charge is 2.21. The van der Waals surface area contributed by atoms with Crippen LogP contribution in [0.3, 0.4) is 0 Å². The fourth-order valence-corrected chi connectivity index (χ4v) is 3.74. The maximum atomic E-state index is 5.80. The lowest BCUT2D eigenvalue weighted by molar-refractivity contribution is 0.122. The molecule has 0 saturated carbocycles. The van der Waals surface area contributed by atoms with E-state index in [0.29, 0.717) is 0 Å². The van der Waals surface area contributed by atoms with Crippen molar-refractivity contribution in [2.24, 2.45) is 11.7 Å². The fraction of sp³-hybridized carbons (Fsp3) is 0.647. The lowest BCUT2D eigenvalue weighted by Gasteiger charge is -2.34. The number of anilines is 1. The zero-order valence-electron chi connectivity index (χ0n) is 13.1. The second-order valence-electron chi connectivity index (χ2n) is 6.33. The van der Waals surface area contributed by atoms with Gasteiger partial charge in [0.2, 0.25) is 0 Å². The van der Waals surface area contributed by atoms with Crippen molar-refractivity contribution in [3.63, 3.8) is 0 Å². The highest BCUT2D eigenvalue weighted by Crippen LogP contribution is 2.28. The predicted molar refractivity (Wildman–Crippen MR) is 94.2 cm³/mol. The fourth-order valence-electron chi connectivity index (χ4n) is 3.39. The van der Waals surface area contributed by atoms with Gasteiger partial charge in [-0.1, -0.05) is 22.0 Å². The van der Waals surface area contributed by atoms with Crippen LogP contribution in [0.15, 0.2) is 22.7 Å². The molecule has 122 valence electrons. The van der Waals surface area contributed by atoms with Crippen molar-refractivity contribution in [1.82, 2.24) is 4.90 Å². The lowest BCUT2D eigenvalue weighted by Crippen LogP contribution is -2.38. The van der Waals surface area contributed by atoms with E-state index in [9.17, 15) is 0 Å². The van der Waals surface area contributed by atoms with Crippen LogP contribution in [0.25, 0.3) is 0 Å². The molecule has 2 fully saturated rings. The standard InChI is InChI=1S/C17H26BrN3O/c18-16-2-1-15(13-20-5-3-14(12-19)4-6-20)17(11-16)21-7-9-22-10-8-21/h1-2,11,14H,3-10,12-13,19H2. The lowest BCUT2D eigenvalue weighted by atomic mass is 9.96. The summed E-state index contributed by atoms with van der Waals surface area (Å²) in [5, 5.41) is 0. The number of benzene rings is 1. The third-order valence-electron chi connectivity index (χ3n) is 4.83. The third-order valence-corrected chi connectivity index (χ3v) is 5.33. The first-order valence-electron chi connectivity index (χ1n) is 8.30. The summed E-state index contributed by atoms with van der Waals surface area (Å²) in [5.74, 6) is 0.722. The first-order valence-corrected chi connectivity index (χ1v) is 9.09. The normalized spacial score (nSPS) is 21.3. The number of nitrogens with zero attached hydrogens (tertiary/aromatic N) is 2. The minimum Gasteiger partial charge on any atom is -0.378 e. The Labute approximate surface area is 141 Å². The Balaban J connectivity index is 1.70. The van der Waals surface area contributed by atoms with Crippen LogP contribution in [-0.2, 0) is 11.3 Å². The van der Waals surface area contributed by atoms with Crippen LogP contribution >= 0.6 is 15.9 Å². The predicted octanol–water partition coefficient (Wildman–Crippen LogP) is 2.46. The molecule has 1 aromatic rings. The zero-order chi connectivity index (χ0) is 15.4. The van der Waals surface area contributed by atoms with Crippen molar-refractivity contribution in [1.29, 1.82) is 0 Å². The summed E-state index contributed by atoms with van der Waals surface area (Å²) in [6, 6.07) is 6.68. The van der Waals surface area contributed by atoms with Crippen molar-refractivity contribution in [2.75, 3.05) is 50.8 Å². The Hall–Kier alpha value is -0.620. The molecule has 2 heterocycles. The molecule has 22 heavy (non-hydrogen) atoms. The van der Waals surface area contributed by atoms with Gasteiger partial charge in [-0.25, -0.2) is 0 Å². The highest BCUT2D eigenvalue weighted by atomic mass is 79.9. The van der Waals surface area contributed by atoms with E-state index in [4.69, 9.17) is 10.5 Å². The molecule has 0 radical (unpaired) electrons. The number of rotatable bonds is 4. The van der Waals surface area contributed by atoms with Gasteiger partial charge in [0.05, 0.1) is 13.2 Å². The number of nitrogens with two attached hydrogens (primary N) is 1. The molecule has 0 unspecified atom stereocenters. The van der Waals surface area contributed by atoms with Gasteiger partial charge in [0.15, 0.2) is 0 Å². The van der Waals surface area contributed by atoms with Crippen LogP contribution in [0.4, 0.5) is 5.69 Å². The van der Waals surface area contributed by atoms with Gasteiger partial charge in [-0.05, 0) is 56.1 Å². The van der Waals surface area contributed by atoms with Gasteiger partial charge in [0.1, 0.15) is 0 Å². The Morgan fingerprint density at radius 3 is 2.55 bits per heavy atom. The molecular formula is C17H26BrN3O. The molecule has 0 spiro atoms. The van der Waals surface area contributed by atoms with Crippen LogP contribution in [-0.4, -0.2) is 50.8 Å². The number of hydrogen-bond acceptors (Lipinski definition) is 4. The number of morpholine rings is 1. The van der Waals surface area contributed by atoms with Crippen LogP contribution in [0.2, 0.25) is 0 Å². The van der Waals surface area contributed by atoms with E-state index >= 15 is 0 Å². The molecule has 0 atom stereocenters. The molecule has 0 amide bonds. The van der Waals surface area contributed by atoms with Gasteiger partial charge < -0.3 is 15.4 Å². The average molecular weight is 368 g/mol. The molecule has 2 aliphatic rings. The third kappa shape index (κ3) is 4.02. The largest absolute Gasteiger partial charge is 0.378 e. The Bertz CT molecular complexity index is 483. The van der Waals surface area contributed by atoms with E-state index in [1.165, 1.54) is 37.2 Å². The van der Waals surface area contributed by atoms with E-state index < -0.39 is 0 Å². The maximum Gasteiger partial charge on any atom is 0.0642 e. The SMILES string of the molecule is NCC1CCN(Cc2ccc(Br)cc2N2CCOCC2)CC1. The quantitative estimate of drug-likeness (QED) is 0.887. The first-order chi connectivity index (χ1) is 10.8. The Morgan fingerprint density at radius 1 is 1.14 bits per heavy atom. The number of ether oxygens (including phenoxy) is 1. The van der Waals surface area contributed by atoms with Gasteiger partial charge >= 0.3 is 0 Å². The minimum absolute atomic E-state index is 0.722. The molecule has 0 bridgehead atoms. The number of hydrogen-bond donors (Lipinski definition) is 1. The van der Waals surface area contributed by atoms with E-state index in [0.717, 1.165) is 49.8 Å². The van der Waals surface area contributed by atoms with Crippen LogP contribution in [0.1, 0.15) is 18.4 Å². The molecule has 2 N–H and O–H groups in total. The van der Waals surface area contributed by atoms with E-state index in [1.54, 1.807) is 0 Å². The highest BCUT2D eigenvalue weighted by molar-refractivity contribution is 9.10. The van der Waals surface area contributed by atoms with Crippen LogP contribution < -0.4 is 10.6 Å². The van der Waals surface area contributed by atoms with Gasteiger partial charge in [0, 0.05) is 29.8 Å².